The van der Waals surface area contributed by atoms with Crippen molar-refractivity contribution in [1.82, 2.24) is 9.88 Å². The third-order valence-electron chi connectivity index (χ3n) is 2.62. The first-order valence-corrected chi connectivity index (χ1v) is 5.04. The van der Waals surface area contributed by atoms with Crippen LogP contribution in [0.3, 0.4) is 0 Å². The lowest BCUT2D eigenvalue weighted by molar-refractivity contribution is 0.279. The van der Waals surface area contributed by atoms with Crippen LogP contribution in [-0.4, -0.2) is 16.4 Å². The quantitative estimate of drug-likeness (QED) is 0.702. The lowest BCUT2D eigenvalue weighted by Crippen LogP contribution is -2.17. The van der Waals surface area contributed by atoms with E-state index in [9.17, 15) is 0 Å². The highest BCUT2D eigenvalue weighted by Gasteiger charge is 2.17. The van der Waals surface area contributed by atoms with Crippen LogP contribution in [0.15, 0.2) is 18.5 Å². The van der Waals surface area contributed by atoms with Gasteiger partial charge in [-0.05, 0) is 30.2 Å². The molecule has 0 amide bonds. The molecule has 1 aliphatic heterocycles. The van der Waals surface area contributed by atoms with E-state index in [0.29, 0.717) is 0 Å². The number of aromatic nitrogens is 1. The molecular formula is C11H16N2. The van der Waals surface area contributed by atoms with Crippen LogP contribution in [-0.2, 0) is 13.1 Å². The van der Waals surface area contributed by atoms with E-state index in [-0.39, 0.29) is 0 Å². The van der Waals surface area contributed by atoms with Gasteiger partial charge in [0.05, 0.1) is 0 Å². The first kappa shape index (κ1) is 8.70. The van der Waals surface area contributed by atoms with E-state index in [4.69, 9.17) is 0 Å². The molecule has 0 atom stereocenters. The minimum atomic E-state index is 1.10. The van der Waals surface area contributed by atoms with Crippen LogP contribution >= 0.6 is 0 Å². The molecule has 0 saturated carbocycles. The van der Waals surface area contributed by atoms with Gasteiger partial charge in [-0.2, -0.15) is 0 Å². The van der Waals surface area contributed by atoms with Crippen LogP contribution in [0.2, 0.25) is 0 Å². The maximum absolute atomic E-state index is 4.14. The van der Waals surface area contributed by atoms with Gasteiger partial charge >= 0.3 is 0 Å². The predicted octanol–water partition coefficient (Wildman–Crippen LogP) is 2.20. The monoisotopic (exact) mass is 176 g/mol. The van der Waals surface area contributed by atoms with E-state index in [2.05, 4.69) is 22.9 Å². The second-order valence-electron chi connectivity index (χ2n) is 3.71. The summed E-state index contributed by atoms with van der Waals surface area (Å²) in [6.45, 7) is 5.69. The molecule has 1 aromatic heterocycles. The number of nitrogens with zero attached hydrogens (tertiary/aromatic N) is 2. The van der Waals surface area contributed by atoms with Gasteiger partial charge in [0.25, 0.3) is 0 Å². The highest BCUT2D eigenvalue weighted by atomic mass is 15.1. The molecule has 1 aromatic rings. The maximum Gasteiger partial charge on any atom is 0.0316 e. The van der Waals surface area contributed by atoms with E-state index >= 15 is 0 Å². The summed E-state index contributed by atoms with van der Waals surface area (Å²) in [5, 5.41) is 0. The van der Waals surface area contributed by atoms with Crippen LogP contribution in [0.4, 0.5) is 0 Å². The van der Waals surface area contributed by atoms with Crippen LogP contribution < -0.4 is 0 Å². The van der Waals surface area contributed by atoms with Crippen LogP contribution in [0.25, 0.3) is 0 Å². The molecule has 0 N–H and O–H groups in total. The zero-order chi connectivity index (χ0) is 9.10. The Morgan fingerprint density at radius 1 is 1.38 bits per heavy atom. The Kier molecular flexibility index (Phi) is 2.60. The van der Waals surface area contributed by atoms with Crippen LogP contribution in [0.5, 0.6) is 0 Å². The maximum atomic E-state index is 4.14. The summed E-state index contributed by atoms with van der Waals surface area (Å²) in [5.41, 5.74) is 2.88. The largest absolute Gasteiger partial charge is 0.295 e. The Hall–Kier alpha value is -0.890. The van der Waals surface area contributed by atoms with Gasteiger partial charge < -0.3 is 0 Å². The molecule has 1 aliphatic rings. The van der Waals surface area contributed by atoms with Crippen LogP contribution in [0.1, 0.15) is 30.9 Å². The number of hydrogen-bond acceptors (Lipinski definition) is 2. The Bertz CT molecular complexity index is 258. The predicted molar refractivity (Wildman–Crippen MR) is 53.3 cm³/mol. The molecule has 0 aliphatic carbocycles. The lowest BCUT2D eigenvalue weighted by atomic mass is 10.2. The number of pyridine rings is 1. The average Bonchev–Trinajstić information content (AvgIpc) is 2.57. The standard InChI is InChI=1S/C11H16N2/c1-2-3-6-13-8-10-4-5-12-7-11(10)9-13/h4-5,7H,2-3,6,8-9H2,1H3. The van der Waals surface area contributed by atoms with Gasteiger partial charge in [0, 0.05) is 25.5 Å². The van der Waals surface area contributed by atoms with Crippen molar-refractivity contribution < 1.29 is 0 Å². The van der Waals surface area contributed by atoms with E-state index in [1.54, 1.807) is 0 Å². The third-order valence-corrected chi connectivity index (χ3v) is 2.62. The zero-order valence-electron chi connectivity index (χ0n) is 8.16. The summed E-state index contributed by atoms with van der Waals surface area (Å²) in [5.74, 6) is 0. The van der Waals surface area contributed by atoms with Crippen molar-refractivity contribution in [3.8, 4) is 0 Å². The molecule has 70 valence electrons. The van der Waals surface area contributed by atoms with E-state index < -0.39 is 0 Å². The van der Waals surface area contributed by atoms with Gasteiger partial charge in [0.15, 0.2) is 0 Å². The number of hydrogen-bond donors (Lipinski definition) is 0. The Balaban J connectivity index is 1.97. The van der Waals surface area contributed by atoms with Gasteiger partial charge in [-0.25, -0.2) is 0 Å². The minimum absolute atomic E-state index is 1.10. The first-order valence-electron chi connectivity index (χ1n) is 5.04. The number of fused-ring (bicyclic) bond motifs is 1. The molecule has 0 saturated heterocycles. The van der Waals surface area contributed by atoms with Crippen molar-refractivity contribution in [2.75, 3.05) is 6.54 Å². The van der Waals surface area contributed by atoms with Crippen LogP contribution in [0, 0.1) is 0 Å². The molecule has 0 unspecified atom stereocenters. The molecular weight excluding hydrogens is 160 g/mol. The van der Waals surface area contributed by atoms with E-state index in [1.165, 1.54) is 30.5 Å². The minimum Gasteiger partial charge on any atom is -0.295 e. The first-order chi connectivity index (χ1) is 6.40. The molecule has 0 bridgehead atoms. The molecule has 0 aromatic carbocycles. The Labute approximate surface area is 79.6 Å². The van der Waals surface area contributed by atoms with Crippen molar-refractivity contribution in [2.45, 2.75) is 32.9 Å². The van der Waals surface area contributed by atoms with Crippen molar-refractivity contribution in [1.29, 1.82) is 0 Å². The second kappa shape index (κ2) is 3.88. The van der Waals surface area contributed by atoms with Crippen molar-refractivity contribution in [3.05, 3.63) is 29.6 Å². The SMILES string of the molecule is CCCCN1Cc2ccncc2C1. The fraction of sp³-hybridized carbons (Fsp3) is 0.545. The summed E-state index contributed by atoms with van der Waals surface area (Å²) >= 11 is 0. The summed E-state index contributed by atoms with van der Waals surface area (Å²) in [7, 11) is 0. The van der Waals surface area contributed by atoms with Gasteiger partial charge in [-0.3, -0.25) is 9.88 Å². The lowest BCUT2D eigenvalue weighted by Gasteiger charge is -2.12. The normalized spacial score (nSPS) is 16.1. The summed E-state index contributed by atoms with van der Waals surface area (Å²) in [6, 6.07) is 2.14. The molecule has 2 heterocycles. The molecule has 2 nitrogen and oxygen atoms in total. The Morgan fingerprint density at radius 2 is 2.23 bits per heavy atom. The van der Waals surface area contributed by atoms with Gasteiger partial charge in [0.1, 0.15) is 0 Å². The van der Waals surface area contributed by atoms with E-state index in [1.807, 2.05) is 12.4 Å². The smallest absolute Gasteiger partial charge is 0.0316 e. The van der Waals surface area contributed by atoms with Crippen molar-refractivity contribution in [2.24, 2.45) is 0 Å². The summed E-state index contributed by atoms with van der Waals surface area (Å²) in [4.78, 5) is 6.64. The highest BCUT2D eigenvalue weighted by Crippen LogP contribution is 2.21. The molecule has 13 heavy (non-hydrogen) atoms. The molecule has 0 spiro atoms. The van der Waals surface area contributed by atoms with Crippen molar-refractivity contribution in [3.63, 3.8) is 0 Å². The topological polar surface area (TPSA) is 16.1 Å². The molecule has 2 rings (SSSR count). The third kappa shape index (κ3) is 1.89. The second-order valence-corrected chi connectivity index (χ2v) is 3.71. The number of unbranched alkanes of at least 4 members (excludes halogenated alkanes) is 1. The van der Waals surface area contributed by atoms with E-state index in [0.717, 1.165) is 13.1 Å². The molecule has 0 fully saturated rings. The van der Waals surface area contributed by atoms with Gasteiger partial charge in [0.2, 0.25) is 0 Å². The summed E-state index contributed by atoms with van der Waals surface area (Å²) in [6.07, 6.45) is 6.48. The van der Waals surface area contributed by atoms with Gasteiger partial charge in [-0.1, -0.05) is 13.3 Å². The molecule has 2 heteroatoms. The van der Waals surface area contributed by atoms with Crippen molar-refractivity contribution >= 4 is 0 Å². The van der Waals surface area contributed by atoms with Gasteiger partial charge in [-0.15, -0.1) is 0 Å². The zero-order valence-corrected chi connectivity index (χ0v) is 8.16. The fourth-order valence-electron chi connectivity index (χ4n) is 1.83. The highest BCUT2D eigenvalue weighted by molar-refractivity contribution is 5.26. The number of rotatable bonds is 3. The fourth-order valence-corrected chi connectivity index (χ4v) is 1.83. The Morgan fingerprint density at radius 3 is 3.00 bits per heavy atom. The average molecular weight is 176 g/mol. The summed E-state index contributed by atoms with van der Waals surface area (Å²) < 4.78 is 0. The molecule has 0 radical (unpaired) electrons.